The Morgan fingerprint density at radius 3 is 1.14 bits per heavy atom. The van der Waals surface area contributed by atoms with Crippen molar-refractivity contribution in [1.29, 1.82) is 0 Å². The number of anilines is 2. The molecule has 4 aromatic carbocycles. The van der Waals surface area contributed by atoms with E-state index in [9.17, 15) is 0 Å². The quantitative estimate of drug-likeness (QED) is 0.195. The highest BCUT2D eigenvalue weighted by molar-refractivity contribution is 6.26. The Bertz CT molecular complexity index is 1570. The SMILES string of the molecule is COc1ccccc1N=C1C=C(Nc2ccccc2OC)C(=Nc2ccccc2OC)C=C1Nc1ccccc1OC. The summed E-state index contributed by atoms with van der Waals surface area (Å²) in [4.78, 5) is 10.0. The van der Waals surface area contributed by atoms with Gasteiger partial charge in [-0.15, -0.1) is 0 Å². The van der Waals surface area contributed by atoms with Gasteiger partial charge in [-0.05, 0) is 60.7 Å². The third-order valence-corrected chi connectivity index (χ3v) is 6.52. The summed E-state index contributed by atoms with van der Waals surface area (Å²) in [5, 5.41) is 7.03. The second kappa shape index (κ2) is 13.2. The second-order valence-corrected chi connectivity index (χ2v) is 9.10. The van der Waals surface area contributed by atoms with Crippen molar-refractivity contribution in [3.63, 3.8) is 0 Å². The van der Waals surface area contributed by atoms with Gasteiger partial charge in [0.1, 0.15) is 34.4 Å². The number of nitrogens with one attached hydrogen (secondary N) is 2. The van der Waals surface area contributed by atoms with E-state index in [1.54, 1.807) is 28.4 Å². The summed E-state index contributed by atoms with van der Waals surface area (Å²) in [5.41, 5.74) is 5.66. The van der Waals surface area contributed by atoms with E-state index in [0.717, 1.165) is 11.4 Å². The van der Waals surface area contributed by atoms with Crippen LogP contribution in [0.5, 0.6) is 23.0 Å². The maximum atomic E-state index is 5.62. The first-order chi connectivity index (χ1) is 20.6. The van der Waals surface area contributed by atoms with Crippen LogP contribution < -0.4 is 29.6 Å². The smallest absolute Gasteiger partial charge is 0.144 e. The molecule has 42 heavy (non-hydrogen) atoms. The van der Waals surface area contributed by atoms with Gasteiger partial charge in [-0.2, -0.15) is 0 Å². The molecule has 0 bridgehead atoms. The Hall–Kier alpha value is -5.50. The zero-order chi connectivity index (χ0) is 29.3. The van der Waals surface area contributed by atoms with Crippen molar-refractivity contribution in [2.75, 3.05) is 39.1 Å². The largest absolute Gasteiger partial charge is 0.495 e. The number of benzene rings is 4. The van der Waals surface area contributed by atoms with Gasteiger partial charge in [-0.3, -0.25) is 0 Å². The third kappa shape index (κ3) is 6.28. The van der Waals surface area contributed by atoms with Gasteiger partial charge in [-0.1, -0.05) is 48.5 Å². The Labute approximate surface area is 245 Å². The molecule has 0 spiro atoms. The molecule has 0 fully saturated rings. The Balaban J connectivity index is 1.70. The van der Waals surface area contributed by atoms with Gasteiger partial charge in [-0.25, -0.2) is 9.98 Å². The predicted octanol–water partition coefficient (Wildman–Crippen LogP) is 7.57. The molecule has 0 amide bonds. The van der Waals surface area contributed by atoms with Crippen molar-refractivity contribution in [1.82, 2.24) is 0 Å². The zero-order valence-electron chi connectivity index (χ0n) is 23.9. The summed E-state index contributed by atoms with van der Waals surface area (Å²) >= 11 is 0. The molecule has 0 atom stereocenters. The van der Waals surface area contributed by atoms with E-state index in [1.807, 2.05) is 109 Å². The van der Waals surface area contributed by atoms with Crippen molar-refractivity contribution >= 4 is 34.2 Å². The van der Waals surface area contributed by atoms with Gasteiger partial charge in [0.05, 0.1) is 62.6 Å². The van der Waals surface area contributed by atoms with Crippen LogP contribution in [0.4, 0.5) is 22.7 Å². The minimum atomic E-state index is 0.654. The van der Waals surface area contributed by atoms with Crippen LogP contribution in [0.1, 0.15) is 0 Å². The number of rotatable bonds is 10. The van der Waals surface area contributed by atoms with Crippen molar-refractivity contribution in [2.45, 2.75) is 0 Å². The molecule has 8 nitrogen and oxygen atoms in total. The number of methoxy groups -OCH3 is 4. The van der Waals surface area contributed by atoms with E-state index in [1.165, 1.54) is 0 Å². The van der Waals surface area contributed by atoms with E-state index in [-0.39, 0.29) is 0 Å². The van der Waals surface area contributed by atoms with Crippen LogP contribution in [0.2, 0.25) is 0 Å². The average molecular weight is 561 g/mol. The minimum Gasteiger partial charge on any atom is -0.495 e. The summed E-state index contributed by atoms with van der Waals surface area (Å²) in [6.45, 7) is 0. The van der Waals surface area contributed by atoms with E-state index in [0.29, 0.717) is 57.2 Å². The van der Waals surface area contributed by atoms with Gasteiger partial charge >= 0.3 is 0 Å². The molecule has 0 radical (unpaired) electrons. The highest BCUT2D eigenvalue weighted by atomic mass is 16.5. The standard InChI is InChI=1S/C34H32N4O4/c1-39-31-17-9-5-13-23(31)35-27-21-29(37-25-15-7-11-19-33(25)41-3)30(38-26-16-8-12-20-34(26)42-4)22-28(27)36-24-14-6-10-18-32(24)40-2/h5-22,35,38H,1-4H3. The van der Waals surface area contributed by atoms with Crippen molar-refractivity contribution in [2.24, 2.45) is 9.98 Å². The summed E-state index contributed by atoms with van der Waals surface area (Å²) in [5.74, 6) is 2.70. The van der Waals surface area contributed by atoms with Gasteiger partial charge in [0.25, 0.3) is 0 Å². The topological polar surface area (TPSA) is 85.7 Å². The number of hydrogen-bond donors (Lipinski definition) is 2. The van der Waals surface area contributed by atoms with Crippen LogP contribution in [0.3, 0.4) is 0 Å². The van der Waals surface area contributed by atoms with Crippen LogP contribution in [-0.4, -0.2) is 39.9 Å². The average Bonchev–Trinajstić information content (AvgIpc) is 3.04. The summed E-state index contributed by atoms with van der Waals surface area (Å²) < 4.78 is 22.4. The molecule has 1 aliphatic carbocycles. The molecule has 0 unspecified atom stereocenters. The first-order valence-corrected chi connectivity index (χ1v) is 13.3. The molecule has 5 rings (SSSR count). The molecular weight excluding hydrogens is 528 g/mol. The molecule has 4 aromatic rings. The first kappa shape index (κ1) is 28.0. The lowest BCUT2D eigenvalue weighted by atomic mass is 10.0. The molecule has 8 heteroatoms. The number of nitrogens with zero attached hydrogens (tertiary/aromatic N) is 2. The van der Waals surface area contributed by atoms with Crippen molar-refractivity contribution in [3.05, 3.63) is 121 Å². The first-order valence-electron chi connectivity index (χ1n) is 13.3. The van der Waals surface area contributed by atoms with E-state index in [2.05, 4.69) is 10.6 Å². The van der Waals surface area contributed by atoms with Crippen LogP contribution in [0.15, 0.2) is 131 Å². The zero-order valence-corrected chi connectivity index (χ0v) is 23.9. The van der Waals surface area contributed by atoms with Crippen LogP contribution >= 0.6 is 0 Å². The maximum Gasteiger partial charge on any atom is 0.144 e. The fraction of sp³-hybridized carbons (Fsp3) is 0.118. The lowest BCUT2D eigenvalue weighted by Crippen LogP contribution is -2.22. The summed E-state index contributed by atoms with van der Waals surface area (Å²) in [6.07, 6.45) is 3.90. The molecular formula is C34H32N4O4. The Kier molecular flexibility index (Phi) is 8.84. The van der Waals surface area contributed by atoms with Gasteiger partial charge in [0.15, 0.2) is 0 Å². The van der Waals surface area contributed by atoms with E-state index in [4.69, 9.17) is 28.9 Å². The lowest BCUT2D eigenvalue weighted by Gasteiger charge is -2.22. The maximum absolute atomic E-state index is 5.62. The monoisotopic (exact) mass is 560 g/mol. The van der Waals surface area contributed by atoms with Gasteiger partial charge in [0, 0.05) is 0 Å². The van der Waals surface area contributed by atoms with Crippen molar-refractivity contribution in [3.8, 4) is 23.0 Å². The van der Waals surface area contributed by atoms with Gasteiger partial charge in [0.2, 0.25) is 0 Å². The fourth-order valence-corrected chi connectivity index (χ4v) is 4.45. The van der Waals surface area contributed by atoms with Gasteiger partial charge < -0.3 is 29.6 Å². The molecule has 212 valence electrons. The molecule has 2 N–H and O–H groups in total. The highest BCUT2D eigenvalue weighted by Crippen LogP contribution is 2.34. The number of allylic oxidation sites excluding steroid dienone is 2. The number of hydrogen-bond acceptors (Lipinski definition) is 8. The van der Waals surface area contributed by atoms with E-state index < -0.39 is 0 Å². The molecule has 0 saturated carbocycles. The number of aliphatic imine (C=N–C) groups is 2. The molecule has 1 aliphatic rings. The number of ether oxygens (including phenoxy) is 4. The van der Waals surface area contributed by atoms with E-state index >= 15 is 0 Å². The summed E-state index contributed by atoms with van der Waals surface area (Å²) in [6, 6.07) is 30.7. The van der Waals surface area contributed by atoms with Crippen LogP contribution in [0.25, 0.3) is 0 Å². The third-order valence-electron chi connectivity index (χ3n) is 6.52. The fourth-order valence-electron chi connectivity index (χ4n) is 4.45. The van der Waals surface area contributed by atoms with Crippen LogP contribution in [0, 0.1) is 0 Å². The van der Waals surface area contributed by atoms with Crippen molar-refractivity contribution < 1.29 is 18.9 Å². The highest BCUT2D eigenvalue weighted by Gasteiger charge is 2.21. The van der Waals surface area contributed by atoms with Crippen LogP contribution in [-0.2, 0) is 0 Å². The summed E-state index contributed by atoms with van der Waals surface area (Å²) in [7, 11) is 6.55. The predicted molar refractivity (Wildman–Crippen MR) is 170 cm³/mol. The lowest BCUT2D eigenvalue weighted by molar-refractivity contribution is 0.416. The Morgan fingerprint density at radius 1 is 0.429 bits per heavy atom. The molecule has 0 aromatic heterocycles. The molecule has 0 aliphatic heterocycles. The normalized spacial score (nSPS) is 14.6. The second-order valence-electron chi connectivity index (χ2n) is 9.10. The molecule has 0 saturated heterocycles. The Morgan fingerprint density at radius 2 is 0.762 bits per heavy atom. The molecule has 0 heterocycles. The number of para-hydroxylation sites is 8. The minimum absolute atomic E-state index is 0.654.